The molecule has 13 heavy (non-hydrogen) atoms. The molecule has 0 fully saturated rings. The van der Waals surface area contributed by atoms with Gasteiger partial charge in [0.1, 0.15) is 9.21 Å². The Hall–Kier alpha value is -0.490. The number of amides is 1. The molecule has 0 aliphatic heterocycles. The van der Waals surface area contributed by atoms with Crippen LogP contribution in [0.4, 0.5) is 5.82 Å². The molecule has 0 atom stereocenters. The van der Waals surface area contributed by atoms with Crippen molar-refractivity contribution in [3.05, 3.63) is 15.4 Å². The Morgan fingerprint density at radius 2 is 2.31 bits per heavy atom. The minimum Gasteiger partial charge on any atom is -0.308 e. The smallest absolute Gasteiger partial charge is 0.225 e. The Morgan fingerprint density at radius 3 is 2.85 bits per heavy atom. The van der Waals surface area contributed by atoms with Gasteiger partial charge in [0.05, 0.1) is 6.20 Å². The van der Waals surface area contributed by atoms with Gasteiger partial charge in [-0.1, -0.05) is 6.92 Å². The number of carbonyl (C=O) groups is 1. The minimum absolute atomic E-state index is 0.0858. The normalized spacial score (nSPS) is 9.77. The summed E-state index contributed by atoms with van der Waals surface area (Å²) in [5.41, 5.74) is 0. The zero-order valence-electron chi connectivity index (χ0n) is 6.84. The third kappa shape index (κ3) is 3.04. The summed E-state index contributed by atoms with van der Waals surface area (Å²) in [5.74, 6) is 0.354. The predicted molar refractivity (Wildman–Crippen MR) is 56.4 cm³/mol. The van der Waals surface area contributed by atoms with Gasteiger partial charge in [0, 0.05) is 6.42 Å². The van der Waals surface area contributed by atoms with Gasteiger partial charge in [-0.15, -0.1) is 0 Å². The summed E-state index contributed by atoms with van der Waals surface area (Å²) in [6.07, 6.45) is 1.94. The van der Waals surface area contributed by atoms with Gasteiger partial charge < -0.3 is 5.32 Å². The molecule has 0 spiro atoms. The van der Waals surface area contributed by atoms with Crippen molar-refractivity contribution in [2.24, 2.45) is 0 Å². The number of hydrogen-bond donors (Lipinski definition) is 1. The van der Waals surface area contributed by atoms with Gasteiger partial charge in [-0.05, 0) is 31.9 Å². The third-order valence-electron chi connectivity index (χ3n) is 1.28. The summed E-state index contributed by atoms with van der Waals surface area (Å²) in [6.45, 7) is 1.77. The molecule has 1 amide bonds. The molecule has 0 saturated carbocycles. The Kier molecular flexibility index (Phi) is 3.80. The second-order valence-corrected chi connectivity index (χ2v) is 3.80. The van der Waals surface area contributed by atoms with Crippen LogP contribution in [-0.2, 0) is 4.79 Å². The molecule has 1 N–H and O–H groups in total. The van der Waals surface area contributed by atoms with Crippen molar-refractivity contribution in [1.29, 1.82) is 0 Å². The third-order valence-corrected chi connectivity index (χ3v) is 2.21. The second-order valence-electron chi connectivity index (χ2n) is 2.23. The first-order valence-electron chi connectivity index (χ1n) is 3.61. The first-order valence-corrected chi connectivity index (χ1v) is 5.20. The second kappa shape index (κ2) is 4.66. The fraction of sp³-hybridized carbons (Fsp3) is 0.286. The highest BCUT2D eigenvalue weighted by atomic mass is 79.9. The lowest BCUT2D eigenvalue weighted by Gasteiger charge is -2.03. The number of anilines is 1. The molecular weight excluding hydrogens is 302 g/mol. The molecule has 4 nitrogen and oxygen atoms in total. The molecule has 1 aromatic rings. The summed E-state index contributed by atoms with van der Waals surface area (Å²) in [7, 11) is 0. The van der Waals surface area contributed by atoms with Gasteiger partial charge in [0.2, 0.25) is 5.91 Å². The van der Waals surface area contributed by atoms with Crippen LogP contribution in [0.15, 0.2) is 15.4 Å². The number of hydrogen-bond acceptors (Lipinski definition) is 3. The van der Waals surface area contributed by atoms with E-state index in [2.05, 4.69) is 47.1 Å². The topological polar surface area (TPSA) is 54.9 Å². The van der Waals surface area contributed by atoms with Crippen LogP contribution < -0.4 is 5.32 Å². The first-order chi connectivity index (χ1) is 6.13. The van der Waals surface area contributed by atoms with Gasteiger partial charge in [-0.25, -0.2) is 9.97 Å². The predicted octanol–water partition coefficient (Wildman–Crippen LogP) is 2.35. The van der Waals surface area contributed by atoms with E-state index in [1.54, 1.807) is 6.92 Å². The summed E-state index contributed by atoms with van der Waals surface area (Å²) in [6, 6.07) is 0. The summed E-state index contributed by atoms with van der Waals surface area (Å²) < 4.78 is 1.14. The van der Waals surface area contributed by atoms with E-state index in [-0.39, 0.29) is 5.91 Å². The van der Waals surface area contributed by atoms with Crippen LogP contribution in [0.2, 0.25) is 0 Å². The molecule has 6 heteroatoms. The maximum atomic E-state index is 11.0. The lowest BCUT2D eigenvalue weighted by Crippen LogP contribution is -2.11. The molecular formula is C7H7Br2N3O. The zero-order valence-corrected chi connectivity index (χ0v) is 10.0. The lowest BCUT2D eigenvalue weighted by molar-refractivity contribution is -0.115. The van der Waals surface area contributed by atoms with E-state index in [4.69, 9.17) is 0 Å². The van der Waals surface area contributed by atoms with Crippen LogP contribution in [-0.4, -0.2) is 15.9 Å². The van der Waals surface area contributed by atoms with E-state index in [1.165, 1.54) is 6.20 Å². The van der Waals surface area contributed by atoms with Crippen LogP contribution >= 0.6 is 31.9 Å². The van der Waals surface area contributed by atoms with Crippen LogP contribution in [0, 0.1) is 0 Å². The standard InChI is InChI=1S/C7H7Br2N3O/c1-2-5(13)12-7-6(9)11-4(8)3-10-7/h3H,2H2,1H3,(H,10,12,13). The van der Waals surface area contributed by atoms with Gasteiger partial charge in [-0.2, -0.15) is 0 Å². The molecule has 0 aliphatic rings. The average molecular weight is 309 g/mol. The number of aromatic nitrogens is 2. The number of nitrogens with zero attached hydrogens (tertiary/aromatic N) is 2. The highest BCUT2D eigenvalue weighted by molar-refractivity contribution is 9.11. The molecule has 1 heterocycles. The number of nitrogens with one attached hydrogen (secondary N) is 1. The summed E-state index contributed by atoms with van der Waals surface area (Å²) in [5, 5.41) is 2.61. The SMILES string of the molecule is CCC(=O)Nc1ncc(Br)nc1Br. The number of halogens is 2. The van der Waals surface area contributed by atoms with E-state index >= 15 is 0 Å². The fourth-order valence-electron chi connectivity index (χ4n) is 0.651. The molecule has 0 radical (unpaired) electrons. The van der Waals surface area contributed by atoms with E-state index < -0.39 is 0 Å². The lowest BCUT2D eigenvalue weighted by atomic mass is 10.4. The average Bonchev–Trinajstić information content (AvgIpc) is 2.09. The van der Waals surface area contributed by atoms with Gasteiger partial charge in [0.25, 0.3) is 0 Å². The van der Waals surface area contributed by atoms with Crippen molar-refractivity contribution in [3.63, 3.8) is 0 Å². The van der Waals surface area contributed by atoms with Crippen molar-refractivity contribution in [3.8, 4) is 0 Å². The monoisotopic (exact) mass is 307 g/mol. The molecule has 1 aromatic heterocycles. The number of carbonyl (C=O) groups excluding carboxylic acids is 1. The summed E-state index contributed by atoms with van der Waals surface area (Å²) >= 11 is 6.35. The minimum atomic E-state index is -0.0858. The van der Waals surface area contributed by atoms with Crippen LogP contribution in [0.5, 0.6) is 0 Å². The van der Waals surface area contributed by atoms with Crippen LogP contribution in [0.25, 0.3) is 0 Å². The van der Waals surface area contributed by atoms with Crippen molar-refractivity contribution in [2.45, 2.75) is 13.3 Å². The maximum Gasteiger partial charge on any atom is 0.225 e. The first kappa shape index (κ1) is 10.6. The van der Waals surface area contributed by atoms with E-state index in [1.807, 2.05) is 0 Å². The quantitative estimate of drug-likeness (QED) is 0.912. The Morgan fingerprint density at radius 1 is 1.62 bits per heavy atom. The van der Waals surface area contributed by atoms with Gasteiger partial charge in [0.15, 0.2) is 5.82 Å². The molecule has 70 valence electrons. The van der Waals surface area contributed by atoms with Crippen molar-refractivity contribution >= 4 is 43.6 Å². The Balaban J connectivity index is 2.83. The Labute approximate surface area is 92.4 Å². The summed E-state index contributed by atoms with van der Waals surface area (Å²) in [4.78, 5) is 19.0. The van der Waals surface area contributed by atoms with Gasteiger partial charge >= 0.3 is 0 Å². The maximum absolute atomic E-state index is 11.0. The van der Waals surface area contributed by atoms with Gasteiger partial charge in [-0.3, -0.25) is 4.79 Å². The van der Waals surface area contributed by atoms with E-state index in [9.17, 15) is 4.79 Å². The largest absolute Gasteiger partial charge is 0.308 e. The van der Waals surface area contributed by atoms with E-state index in [0.717, 1.165) is 0 Å². The Bertz CT molecular complexity index is 330. The molecule has 0 unspecified atom stereocenters. The molecule has 1 rings (SSSR count). The highest BCUT2D eigenvalue weighted by Crippen LogP contribution is 2.19. The molecule has 0 aliphatic carbocycles. The van der Waals surface area contributed by atoms with Crippen molar-refractivity contribution < 1.29 is 4.79 Å². The zero-order chi connectivity index (χ0) is 9.84. The van der Waals surface area contributed by atoms with E-state index in [0.29, 0.717) is 21.4 Å². The molecule has 0 aromatic carbocycles. The molecule has 0 bridgehead atoms. The highest BCUT2D eigenvalue weighted by Gasteiger charge is 2.06. The number of rotatable bonds is 2. The fourth-order valence-corrected chi connectivity index (χ4v) is 1.56. The van der Waals surface area contributed by atoms with Crippen molar-refractivity contribution in [1.82, 2.24) is 9.97 Å². The van der Waals surface area contributed by atoms with Crippen LogP contribution in [0.3, 0.4) is 0 Å². The van der Waals surface area contributed by atoms with Crippen molar-refractivity contribution in [2.75, 3.05) is 5.32 Å². The molecule has 0 saturated heterocycles. The van der Waals surface area contributed by atoms with Crippen LogP contribution in [0.1, 0.15) is 13.3 Å².